The Morgan fingerprint density at radius 2 is 1.83 bits per heavy atom. The molecule has 0 spiro atoms. The monoisotopic (exact) mass is 247 g/mol. The molecule has 3 heteroatoms. The first kappa shape index (κ1) is 13.2. The molecule has 1 saturated carbocycles. The quantitative estimate of drug-likeness (QED) is 0.868. The van der Waals surface area contributed by atoms with Crippen molar-refractivity contribution >= 4 is 5.78 Å². The summed E-state index contributed by atoms with van der Waals surface area (Å²) in [5, 5.41) is 0. The van der Waals surface area contributed by atoms with Crippen molar-refractivity contribution in [3.8, 4) is 0 Å². The Morgan fingerprint density at radius 3 is 2.44 bits per heavy atom. The van der Waals surface area contributed by atoms with Crippen molar-refractivity contribution in [3.05, 3.63) is 35.9 Å². The summed E-state index contributed by atoms with van der Waals surface area (Å²) in [7, 11) is 0. The molecule has 0 heterocycles. The summed E-state index contributed by atoms with van der Waals surface area (Å²) in [6, 6.07) is 10.2. The molecule has 0 aliphatic heterocycles. The van der Waals surface area contributed by atoms with Crippen LogP contribution in [-0.2, 0) is 16.1 Å². The van der Waals surface area contributed by atoms with Gasteiger partial charge in [-0.05, 0) is 31.2 Å². The molecule has 0 aromatic heterocycles. The molecule has 0 atom stereocenters. The van der Waals surface area contributed by atoms with Gasteiger partial charge in [0.05, 0.1) is 19.3 Å². The third kappa shape index (κ3) is 3.65. The molecule has 1 aromatic carbocycles. The van der Waals surface area contributed by atoms with E-state index in [0.29, 0.717) is 12.7 Å². The molecule has 0 saturated heterocycles. The minimum atomic E-state index is 0.173. The number of carbonyl (C=O) groups is 1. The first-order chi connectivity index (χ1) is 8.79. The van der Waals surface area contributed by atoms with Crippen molar-refractivity contribution in [2.24, 2.45) is 11.7 Å². The fourth-order valence-electron chi connectivity index (χ4n) is 2.51. The zero-order valence-electron chi connectivity index (χ0n) is 10.7. The van der Waals surface area contributed by atoms with Crippen LogP contribution in [0.1, 0.15) is 31.2 Å². The average molecular weight is 247 g/mol. The van der Waals surface area contributed by atoms with Crippen LogP contribution >= 0.6 is 0 Å². The van der Waals surface area contributed by atoms with Crippen LogP contribution in [0.2, 0.25) is 0 Å². The van der Waals surface area contributed by atoms with Crippen LogP contribution in [-0.4, -0.2) is 18.4 Å². The number of ketones is 1. The molecule has 0 amide bonds. The third-order valence-electron chi connectivity index (χ3n) is 3.66. The minimum absolute atomic E-state index is 0.173. The number of Topliss-reactive ketones (excluding diaryl/α,β-unsaturated/α-hetero) is 1. The number of nitrogens with two attached hydrogens (primary N) is 1. The fourth-order valence-corrected chi connectivity index (χ4v) is 2.51. The number of hydrogen-bond donors (Lipinski definition) is 1. The zero-order chi connectivity index (χ0) is 12.8. The summed E-state index contributed by atoms with van der Waals surface area (Å²) in [5.74, 6) is 0.378. The maximum atomic E-state index is 11.5. The molecule has 0 radical (unpaired) electrons. The molecule has 1 aromatic rings. The predicted octanol–water partition coefficient (Wildman–Crippen LogP) is 2.29. The van der Waals surface area contributed by atoms with E-state index in [9.17, 15) is 4.79 Å². The summed E-state index contributed by atoms with van der Waals surface area (Å²) < 4.78 is 5.89. The Hall–Kier alpha value is -1.19. The molecule has 0 bridgehead atoms. The largest absolute Gasteiger partial charge is 0.374 e. The molecule has 3 nitrogen and oxygen atoms in total. The van der Waals surface area contributed by atoms with Crippen LogP contribution < -0.4 is 5.73 Å². The topological polar surface area (TPSA) is 52.3 Å². The van der Waals surface area contributed by atoms with E-state index < -0.39 is 0 Å². The van der Waals surface area contributed by atoms with Gasteiger partial charge < -0.3 is 10.5 Å². The smallest absolute Gasteiger partial charge is 0.149 e. The van der Waals surface area contributed by atoms with Crippen LogP contribution in [0.5, 0.6) is 0 Å². The Balaban J connectivity index is 1.72. The van der Waals surface area contributed by atoms with E-state index in [4.69, 9.17) is 10.5 Å². The van der Waals surface area contributed by atoms with Gasteiger partial charge in [-0.2, -0.15) is 0 Å². The molecule has 98 valence electrons. The molecule has 2 rings (SSSR count). The van der Waals surface area contributed by atoms with Gasteiger partial charge in [-0.15, -0.1) is 0 Å². The van der Waals surface area contributed by atoms with E-state index in [0.717, 1.165) is 25.7 Å². The van der Waals surface area contributed by atoms with Crippen molar-refractivity contribution in [2.45, 2.75) is 38.4 Å². The normalized spacial score (nSPS) is 23.8. The van der Waals surface area contributed by atoms with Crippen molar-refractivity contribution in [1.29, 1.82) is 0 Å². The van der Waals surface area contributed by atoms with Crippen molar-refractivity contribution in [2.75, 3.05) is 6.54 Å². The number of ether oxygens (including phenoxy) is 1. The Bertz CT molecular complexity index is 369. The van der Waals surface area contributed by atoms with Gasteiger partial charge in [0, 0.05) is 5.92 Å². The van der Waals surface area contributed by atoms with E-state index in [2.05, 4.69) is 12.1 Å². The number of carbonyl (C=O) groups excluding carboxylic acids is 1. The second kappa shape index (κ2) is 6.66. The summed E-state index contributed by atoms with van der Waals surface area (Å²) in [6.45, 7) is 0.848. The van der Waals surface area contributed by atoms with E-state index in [-0.39, 0.29) is 18.2 Å². The van der Waals surface area contributed by atoms with Crippen LogP contribution in [0.15, 0.2) is 30.3 Å². The second-order valence-electron chi connectivity index (χ2n) is 4.94. The van der Waals surface area contributed by atoms with Crippen molar-refractivity contribution < 1.29 is 9.53 Å². The highest BCUT2D eigenvalue weighted by molar-refractivity contribution is 5.82. The van der Waals surface area contributed by atoms with Gasteiger partial charge in [-0.25, -0.2) is 0 Å². The van der Waals surface area contributed by atoms with Gasteiger partial charge in [0.15, 0.2) is 0 Å². The highest BCUT2D eigenvalue weighted by Crippen LogP contribution is 2.27. The molecule has 18 heavy (non-hydrogen) atoms. The standard InChI is InChI=1S/C15H21NO2/c16-10-15(17)13-6-8-14(9-7-13)18-11-12-4-2-1-3-5-12/h1-5,13-14H,6-11,16H2. The van der Waals surface area contributed by atoms with Gasteiger partial charge in [0.25, 0.3) is 0 Å². The summed E-state index contributed by atoms with van der Waals surface area (Å²) in [5.41, 5.74) is 6.60. The molecular formula is C15H21NO2. The molecule has 1 aliphatic rings. The Kier molecular flexibility index (Phi) is 4.90. The summed E-state index contributed by atoms with van der Waals surface area (Å²) >= 11 is 0. The predicted molar refractivity (Wildman–Crippen MR) is 71.0 cm³/mol. The van der Waals surface area contributed by atoms with Gasteiger partial charge >= 0.3 is 0 Å². The summed E-state index contributed by atoms with van der Waals surface area (Å²) in [6.07, 6.45) is 4.10. The maximum absolute atomic E-state index is 11.5. The van der Waals surface area contributed by atoms with E-state index in [1.807, 2.05) is 18.2 Å². The van der Waals surface area contributed by atoms with E-state index >= 15 is 0 Å². The SMILES string of the molecule is NCC(=O)C1CCC(OCc2ccccc2)CC1. The molecular weight excluding hydrogens is 226 g/mol. The average Bonchev–Trinajstić information content (AvgIpc) is 2.46. The second-order valence-corrected chi connectivity index (χ2v) is 4.94. The highest BCUT2D eigenvalue weighted by atomic mass is 16.5. The van der Waals surface area contributed by atoms with Gasteiger partial charge in [-0.1, -0.05) is 30.3 Å². The lowest BCUT2D eigenvalue weighted by Crippen LogP contribution is -2.29. The number of benzene rings is 1. The van der Waals surface area contributed by atoms with Crippen molar-refractivity contribution in [3.63, 3.8) is 0 Å². The van der Waals surface area contributed by atoms with E-state index in [1.54, 1.807) is 0 Å². The zero-order valence-corrected chi connectivity index (χ0v) is 10.7. The van der Waals surface area contributed by atoms with Crippen molar-refractivity contribution in [1.82, 2.24) is 0 Å². The molecule has 2 N–H and O–H groups in total. The fraction of sp³-hybridized carbons (Fsp3) is 0.533. The van der Waals surface area contributed by atoms with Crippen LogP contribution in [0.3, 0.4) is 0 Å². The van der Waals surface area contributed by atoms with E-state index in [1.165, 1.54) is 5.56 Å². The highest BCUT2D eigenvalue weighted by Gasteiger charge is 2.25. The number of hydrogen-bond acceptors (Lipinski definition) is 3. The first-order valence-corrected chi connectivity index (χ1v) is 6.68. The molecule has 1 fully saturated rings. The maximum Gasteiger partial charge on any atom is 0.149 e. The lowest BCUT2D eigenvalue weighted by atomic mass is 9.84. The Labute approximate surface area is 108 Å². The summed E-state index contributed by atoms with van der Waals surface area (Å²) in [4.78, 5) is 11.5. The number of rotatable bonds is 5. The van der Waals surface area contributed by atoms with Crippen LogP contribution in [0.25, 0.3) is 0 Å². The lowest BCUT2D eigenvalue weighted by Gasteiger charge is -2.27. The molecule has 1 aliphatic carbocycles. The first-order valence-electron chi connectivity index (χ1n) is 6.68. The van der Waals surface area contributed by atoms with Crippen LogP contribution in [0.4, 0.5) is 0 Å². The van der Waals surface area contributed by atoms with Gasteiger partial charge in [0.1, 0.15) is 5.78 Å². The third-order valence-corrected chi connectivity index (χ3v) is 3.66. The van der Waals surface area contributed by atoms with Gasteiger partial charge in [0.2, 0.25) is 0 Å². The Morgan fingerprint density at radius 1 is 1.17 bits per heavy atom. The molecule has 0 unspecified atom stereocenters. The van der Waals surface area contributed by atoms with Crippen LogP contribution in [0, 0.1) is 5.92 Å². The van der Waals surface area contributed by atoms with Gasteiger partial charge in [-0.3, -0.25) is 4.79 Å². The minimum Gasteiger partial charge on any atom is -0.374 e. The lowest BCUT2D eigenvalue weighted by molar-refractivity contribution is -0.123.